The van der Waals surface area contributed by atoms with E-state index in [9.17, 15) is 51.1 Å². The van der Waals surface area contributed by atoms with Crippen molar-refractivity contribution in [3.63, 3.8) is 0 Å². The van der Waals surface area contributed by atoms with E-state index in [4.69, 9.17) is 37.9 Å². The lowest BCUT2D eigenvalue weighted by Gasteiger charge is -2.50. The second-order valence-corrected chi connectivity index (χ2v) is 16.8. The van der Waals surface area contributed by atoms with Gasteiger partial charge in [0.2, 0.25) is 0 Å². The Kier molecular flexibility index (Phi) is 18.7. The second kappa shape index (κ2) is 21.6. The average Bonchev–Trinajstić information content (AvgIpc) is 3.51. The summed E-state index contributed by atoms with van der Waals surface area (Å²) >= 11 is 26.0. The number of hydrogen-bond acceptors (Lipinski definition) is 24. The molecule has 0 saturated carbocycles. The Labute approximate surface area is 357 Å². The zero-order chi connectivity index (χ0) is 41.2. The zero-order valence-corrected chi connectivity index (χ0v) is 35.3. The molecule has 18 nitrogen and oxygen atoms in total. The molecular weight excluding hydrogens is 865 g/mol. The lowest BCUT2D eigenvalue weighted by Crippen LogP contribution is -2.65. The van der Waals surface area contributed by atoms with Gasteiger partial charge in [-0.1, -0.05) is 0 Å². The van der Waals surface area contributed by atoms with Crippen LogP contribution in [0.4, 0.5) is 0 Å². The van der Waals surface area contributed by atoms with E-state index >= 15 is 0 Å². The first kappa shape index (κ1) is 48.4. The van der Waals surface area contributed by atoms with Gasteiger partial charge in [0.15, 0.2) is 18.9 Å². The normalized spacial score (nSPS) is 51.6. The standard InChI is InChI=1S/C32H56O18S6/c33-2-12-21(37)27(15(6-54)44-12)48-32-26(42)24(40)29(17(8-56)47-32)49-30-18(34)9(10(3-51)13(4-52)45-30)1-11-19(35)23(39)28(16(7-55)43-11)50-31-25(41)22(38)20(36)14(5-53)46-31/h9-42,51-56H,1-8H2/t9-,10-,11?,12-,13+,14+,15+,16?,17+,18+,19-,20+,21+,22-,23+,24+,25+,26+,27+,28+,29+,30?,31+,32+/m0/s1. The molecule has 10 N–H and O–H groups in total. The van der Waals surface area contributed by atoms with Gasteiger partial charge in [-0.3, -0.25) is 0 Å². The smallest absolute Gasteiger partial charge is 0.187 e. The fourth-order valence-corrected chi connectivity index (χ4v) is 10.0. The van der Waals surface area contributed by atoms with E-state index in [0.29, 0.717) is 0 Å². The number of thiol groups is 6. The van der Waals surface area contributed by atoms with Gasteiger partial charge in [-0.05, 0) is 18.1 Å². The highest BCUT2D eigenvalue weighted by Gasteiger charge is 2.55. The van der Waals surface area contributed by atoms with Crippen LogP contribution in [0.25, 0.3) is 0 Å². The van der Waals surface area contributed by atoms with E-state index in [1.165, 1.54) is 0 Å². The third-order valence-electron chi connectivity index (χ3n) is 11.2. The summed E-state index contributed by atoms with van der Waals surface area (Å²) in [6, 6.07) is 0. The maximum absolute atomic E-state index is 11.8. The SMILES string of the molecule is OC[C@@H]1O[C@H](CS)[C@@H](O[C@H]2O[C@H](CS)[C@@H](OC3O[C@H](CS)[C@@H](CS)[C@H](CC4OC(CS)[C@@H](O[C@H]5O[C@H](CS)[C@@H](O)[C@H](O)[C@H]5O)[C@H](O)[C@H]4O)[C@H]3O)[C@H](O)[C@H]2O)[C@@H]1O. The minimum absolute atomic E-state index is 0.0185. The molecule has 0 radical (unpaired) electrons. The van der Waals surface area contributed by atoms with Crippen molar-refractivity contribution < 1.29 is 89.0 Å². The van der Waals surface area contributed by atoms with Crippen LogP contribution in [-0.4, -0.2) is 227 Å². The number of hydrogen-bond donors (Lipinski definition) is 16. The quantitative estimate of drug-likeness (QED) is 0.0688. The van der Waals surface area contributed by atoms with Crippen LogP contribution >= 0.6 is 75.8 Å². The average molecular weight is 921 g/mol. The molecule has 5 aliphatic rings. The van der Waals surface area contributed by atoms with Crippen LogP contribution < -0.4 is 0 Å². The highest BCUT2D eigenvalue weighted by molar-refractivity contribution is 7.81. The minimum atomic E-state index is -1.72. The van der Waals surface area contributed by atoms with Crippen LogP contribution in [0.2, 0.25) is 0 Å². The molecule has 0 bridgehead atoms. The van der Waals surface area contributed by atoms with Crippen LogP contribution in [0.5, 0.6) is 0 Å². The Hall–Kier alpha value is 1.38. The first-order valence-corrected chi connectivity index (χ1v) is 22.1. The summed E-state index contributed by atoms with van der Waals surface area (Å²) in [4.78, 5) is 0. The van der Waals surface area contributed by atoms with Crippen molar-refractivity contribution in [1.29, 1.82) is 0 Å². The van der Waals surface area contributed by atoms with Crippen molar-refractivity contribution in [2.75, 3.05) is 41.1 Å². The molecule has 24 heteroatoms. The molecule has 0 aromatic heterocycles. The maximum Gasteiger partial charge on any atom is 0.187 e. The summed E-state index contributed by atoms with van der Waals surface area (Å²) in [5.74, 6) is -0.923. The van der Waals surface area contributed by atoms with Crippen molar-refractivity contribution in [2.45, 2.75) is 141 Å². The van der Waals surface area contributed by atoms with E-state index in [1.807, 2.05) is 0 Å². The Morgan fingerprint density at radius 3 is 1.23 bits per heavy atom. The summed E-state index contributed by atoms with van der Waals surface area (Å²) in [5.41, 5.74) is 0. The summed E-state index contributed by atoms with van der Waals surface area (Å²) in [5, 5.41) is 108. The topological polar surface area (TPSA) is 276 Å². The number of ether oxygens (including phenoxy) is 8. The monoisotopic (exact) mass is 920 g/mol. The van der Waals surface area contributed by atoms with Crippen LogP contribution in [0, 0.1) is 11.8 Å². The molecule has 5 aliphatic heterocycles. The molecule has 328 valence electrons. The van der Waals surface area contributed by atoms with Crippen molar-refractivity contribution >= 4 is 75.8 Å². The van der Waals surface area contributed by atoms with Crippen molar-refractivity contribution in [1.82, 2.24) is 0 Å². The molecule has 5 fully saturated rings. The first-order valence-electron chi connectivity index (χ1n) is 18.3. The molecule has 24 atom stereocenters. The van der Waals surface area contributed by atoms with Crippen LogP contribution in [0.15, 0.2) is 0 Å². The van der Waals surface area contributed by atoms with E-state index in [-0.39, 0.29) is 40.9 Å². The number of rotatable bonds is 15. The zero-order valence-electron chi connectivity index (χ0n) is 29.9. The van der Waals surface area contributed by atoms with E-state index in [1.54, 1.807) is 0 Å². The number of aliphatic hydroxyl groups is 10. The maximum atomic E-state index is 11.8. The van der Waals surface area contributed by atoms with Crippen LogP contribution in [-0.2, 0) is 37.9 Å². The summed E-state index contributed by atoms with van der Waals surface area (Å²) < 4.78 is 47.4. The molecule has 0 aromatic rings. The Bertz CT molecular complexity index is 1200. The molecule has 0 aliphatic carbocycles. The summed E-state index contributed by atoms with van der Waals surface area (Å²) in [7, 11) is 0. The van der Waals surface area contributed by atoms with E-state index in [0.717, 1.165) is 0 Å². The van der Waals surface area contributed by atoms with Gasteiger partial charge in [-0.25, -0.2) is 0 Å². The fourth-order valence-electron chi connectivity index (χ4n) is 8.00. The predicted molar refractivity (Wildman–Crippen MR) is 214 cm³/mol. The van der Waals surface area contributed by atoms with Gasteiger partial charge in [0.05, 0.1) is 43.2 Å². The van der Waals surface area contributed by atoms with Gasteiger partial charge >= 0.3 is 0 Å². The van der Waals surface area contributed by atoms with E-state index < -0.39 is 153 Å². The molecule has 0 aromatic carbocycles. The summed E-state index contributed by atoms with van der Waals surface area (Å²) in [6.45, 7) is -0.489. The van der Waals surface area contributed by atoms with Gasteiger partial charge in [-0.15, -0.1) is 0 Å². The Morgan fingerprint density at radius 1 is 0.339 bits per heavy atom. The molecular formula is C32H56O18S6. The third kappa shape index (κ3) is 10.1. The fraction of sp³-hybridized carbons (Fsp3) is 1.00. The minimum Gasteiger partial charge on any atom is -0.394 e. The van der Waals surface area contributed by atoms with Gasteiger partial charge in [0.1, 0.15) is 79.4 Å². The van der Waals surface area contributed by atoms with Gasteiger partial charge in [0, 0.05) is 34.7 Å². The van der Waals surface area contributed by atoms with Crippen molar-refractivity contribution in [3.05, 3.63) is 0 Å². The third-order valence-corrected chi connectivity index (χ3v) is 13.5. The molecule has 0 spiro atoms. The van der Waals surface area contributed by atoms with Crippen molar-refractivity contribution in [2.24, 2.45) is 11.8 Å². The molecule has 5 rings (SSSR count). The molecule has 0 amide bonds. The molecule has 5 heterocycles. The van der Waals surface area contributed by atoms with Gasteiger partial charge in [0.25, 0.3) is 0 Å². The summed E-state index contributed by atoms with van der Waals surface area (Å²) in [6.07, 6.45) is -28.9. The lowest BCUT2D eigenvalue weighted by molar-refractivity contribution is -0.353. The lowest BCUT2D eigenvalue weighted by atomic mass is 9.77. The molecule has 56 heavy (non-hydrogen) atoms. The highest BCUT2D eigenvalue weighted by atomic mass is 32.1. The van der Waals surface area contributed by atoms with Crippen LogP contribution in [0.1, 0.15) is 6.42 Å². The highest BCUT2D eigenvalue weighted by Crippen LogP contribution is 2.41. The van der Waals surface area contributed by atoms with E-state index in [2.05, 4.69) is 75.8 Å². The van der Waals surface area contributed by atoms with Crippen LogP contribution in [0.3, 0.4) is 0 Å². The predicted octanol–water partition coefficient (Wildman–Crippen LogP) is -4.71. The van der Waals surface area contributed by atoms with Gasteiger partial charge in [-0.2, -0.15) is 75.8 Å². The Balaban J connectivity index is 1.28. The molecule has 3 unspecified atom stereocenters. The Morgan fingerprint density at radius 2 is 0.732 bits per heavy atom. The molecule has 5 saturated heterocycles. The second-order valence-electron chi connectivity index (χ2n) is 14.6. The first-order chi connectivity index (χ1) is 26.7. The van der Waals surface area contributed by atoms with Crippen molar-refractivity contribution in [3.8, 4) is 0 Å². The number of aliphatic hydroxyl groups excluding tert-OH is 10. The largest absolute Gasteiger partial charge is 0.394 e. The van der Waals surface area contributed by atoms with Gasteiger partial charge < -0.3 is 89.0 Å².